The van der Waals surface area contributed by atoms with Gasteiger partial charge in [-0.25, -0.2) is 0 Å². The summed E-state index contributed by atoms with van der Waals surface area (Å²) in [6.45, 7) is 0.870. The monoisotopic (exact) mass is 201 g/mol. The van der Waals surface area contributed by atoms with E-state index in [1.165, 1.54) is 10.9 Å². The lowest BCUT2D eigenvalue weighted by molar-refractivity contribution is 0.714. The summed E-state index contributed by atoms with van der Waals surface area (Å²) in [6, 6.07) is 8.28. The predicted molar refractivity (Wildman–Crippen MR) is 62.9 cm³/mol. The average molecular weight is 201 g/mol. The van der Waals surface area contributed by atoms with Gasteiger partial charge in [-0.3, -0.25) is 0 Å². The minimum Gasteiger partial charge on any atom is -0.381 e. The predicted octanol–water partition coefficient (Wildman–Crippen LogP) is 2.07. The number of benzene rings is 1. The third-order valence-corrected chi connectivity index (χ3v) is 3.11. The Kier molecular flexibility index (Phi) is 1.76. The number of hydrogen-bond donors (Lipinski definition) is 3. The molecule has 0 amide bonds. The van der Waals surface area contributed by atoms with Crippen LogP contribution in [0.4, 0.5) is 5.69 Å². The smallest absolute Gasteiger partial charge is 0.0598 e. The maximum absolute atomic E-state index is 6.03. The topological polar surface area (TPSA) is 53.8 Å². The molecule has 0 radical (unpaired) electrons. The van der Waals surface area contributed by atoms with E-state index in [-0.39, 0.29) is 5.54 Å². The molecule has 3 nitrogen and oxygen atoms in total. The first-order chi connectivity index (χ1) is 7.27. The molecule has 0 aliphatic heterocycles. The highest BCUT2D eigenvalue weighted by Gasteiger charge is 2.37. The fourth-order valence-electron chi connectivity index (χ4n) is 1.83. The molecule has 1 aliphatic carbocycles. The number of para-hydroxylation sites is 1. The first-order valence-electron chi connectivity index (χ1n) is 5.36. The lowest BCUT2D eigenvalue weighted by Gasteiger charge is -2.10. The molecular formula is C12H15N3. The second-order valence-electron chi connectivity index (χ2n) is 4.46. The van der Waals surface area contributed by atoms with Crippen LogP contribution >= 0.6 is 0 Å². The first kappa shape index (κ1) is 8.80. The SMILES string of the molecule is NC1(CNc2c[nH]c3ccccc23)CC1. The number of aromatic nitrogens is 1. The molecule has 1 aromatic heterocycles. The van der Waals surface area contributed by atoms with Crippen LogP contribution in [-0.4, -0.2) is 17.1 Å². The van der Waals surface area contributed by atoms with Crippen LogP contribution in [0.2, 0.25) is 0 Å². The van der Waals surface area contributed by atoms with Gasteiger partial charge in [0.2, 0.25) is 0 Å². The molecule has 1 saturated carbocycles. The summed E-state index contributed by atoms with van der Waals surface area (Å²) in [6.07, 6.45) is 4.29. The summed E-state index contributed by atoms with van der Waals surface area (Å²) in [7, 11) is 0. The summed E-state index contributed by atoms with van der Waals surface area (Å²) < 4.78 is 0. The van der Waals surface area contributed by atoms with Gasteiger partial charge in [0.1, 0.15) is 0 Å². The Labute approximate surface area is 88.7 Å². The lowest BCUT2D eigenvalue weighted by atomic mass is 10.2. The standard InChI is InChI=1S/C12H15N3/c13-12(5-6-12)8-15-11-7-14-10-4-2-1-3-9(10)11/h1-4,7,14-15H,5-6,8,13H2. The van der Waals surface area contributed by atoms with Crippen molar-refractivity contribution >= 4 is 16.6 Å². The fourth-order valence-corrected chi connectivity index (χ4v) is 1.83. The van der Waals surface area contributed by atoms with Crippen molar-refractivity contribution in [3.05, 3.63) is 30.5 Å². The minimum absolute atomic E-state index is 0.0539. The normalized spacial score (nSPS) is 17.9. The van der Waals surface area contributed by atoms with E-state index in [4.69, 9.17) is 5.73 Å². The van der Waals surface area contributed by atoms with Crippen molar-refractivity contribution in [2.24, 2.45) is 5.73 Å². The highest BCUT2D eigenvalue weighted by Crippen LogP contribution is 2.33. The molecule has 0 spiro atoms. The van der Waals surface area contributed by atoms with Crippen LogP contribution in [0.1, 0.15) is 12.8 Å². The maximum Gasteiger partial charge on any atom is 0.0598 e. The molecule has 2 aromatic rings. The summed E-state index contributed by atoms with van der Waals surface area (Å²) in [5, 5.41) is 4.65. The molecule has 4 N–H and O–H groups in total. The van der Waals surface area contributed by atoms with Crippen LogP contribution in [0.15, 0.2) is 30.5 Å². The lowest BCUT2D eigenvalue weighted by Crippen LogP contribution is -2.30. The van der Waals surface area contributed by atoms with Crippen molar-refractivity contribution in [3.8, 4) is 0 Å². The van der Waals surface area contributed by atoms with Crippen LogP contribution in [-0.2, 0) is 0 Å². The van der Waals surface area contributed by atoms with Crippen molar-refractivity contribution in [2.75, 3.05) is 11.9 Å². The quantitative estimate of drug-likeness (QED) is 0.712. The molecule has 1 heterocycles. The molecule has 1 aromatic carbocycles. The van der Waals surface area contributed by atoms with E-state index in [1.54, 1.807) is 0 Å². The number of rotatable bonds is 3. The second kappa shape index (κ2) is 3.00. The molecule has 0 saturated heterocycles. The summed E-state index contributed by atoms with van der Waals surface area (Å²) in [5.74, 6) is 0. The first-order valence-corrected chi connectivity index (χ1v) is 5.36. The van der Waals surface area contributed by atoms with E-state index in [9.17, 15) is 0 Å². The van der Waals surface area contributed by atoms with Crippen LogP contribution in [0.3, 0.4) is 0 Å². The Morgan fingerprint density at radius 1 is 1.33 bits per heavy atom. The van der Waals surface area contributed by atoms with E-state index in [1.807, 2.05) is 12.3 Å². The zero-order valence-electron chi connectivity index (χ0n) is 8.59. The molecule has 1 aliphatic rings. The van der Waals surface area contributed by atoms with E-state index in [2.05, 4.69) is 28.5 Å². The third kappa shape index (κ3) is 1.59. The number of hydrogen-bond acceptors (Lipinski definition) is 2. The molecule has 1 fully saturated rings. The molecule has 0 unspecified atom stereocenters. The molecular weight excluding hydrogens is 186 g/mol. The van der Waals surface area contributed by atoms with Gasteiger partial charge in [0.15, 0.2) is 0 Å². The number of H-pyrrole nitrogens is 1. The second-order valence-corrected chi connectivity index (χ2v) is 4.46. The van der Waals surface area contributed by atoms with Crippen molar-refractivity contribution in [1.29, 1.82) is 0 Å². The third-order valence-electron chi connectivity index (χ3n) is 3.11. The van der Waals surface area contributed by atoms with Crippen molar-refractivity contribution in [3.63, 3.8) is 0 Å². The minimum atomic E-state index is 0.0539. The van der Waals surface area contributed by atoms with Gasteiger partial charge in [0, 0.05) is 29.2 Å². The Hall–Kier alpha value is -1.48. The van der Waals surface area contributed by atoms with Crippen molar-refractivity contribution in [2.45, 2.75) is 18.4 Å². The van der Waals surface area contributed by atoms with Gasteiger partial charge in [-0.15, -0.1) is 0 Å². The van der Waals surface area contributed by atoms with Crippen LogP contribution in [0.5, 0.6) is 0 Å². The zero-order chi connectivity index (χ0) is 10.3. The summed E-state index contributed by atoms with van der Waals surface area (Å²) >= 11 is 0. The highest BCUT2D eigenvalue weighted by atomic mass is 15.0. The Bertz CT molecular complexity index is 482. The number of anilines is 1. The van der Waals surface area contributed by atoms with Crippen LogP contribution in [0, 0.1) is 0 Å². The van der Waals surface area contributed by atoms with E-state index >= 15 is 0 Å². The fraction of sp³-hybridized carbons (Fsp3) is 0.333. The van der Waals surface area contributed by atoms with E-state index in [0.29, 0.717) is 0 Å². The maximum atomic E-state index is 6.03. The molecule has 3 heteroatoms. The Balaban J connectivity index is 1.84. The highest BCUT2D eigenvalue weighted by molar-refractivity contribution is 5.92. The number of nitrogens with two attached hydrogens (primary N) is 1. The van der Waals surface area contributed by atoms with E-state index < -0.39 is 0 Å². The number of nitrogens with one attached hydrogen (secondary N) is 2. The zero-order valence-corrected chi connectivity index (χ0v) is 8.59. The molecule has 78 valence electrons. The summed E-state index contributed by atoms with van der Waals surface area (Å²) in [5.41, 5.74) is 8.41. The number of fused-ring (bicyclic) bond motifs is 1. The average Bonchev–Trinajstić information content (AvgIpc) is 2.86. The van der Waals surface area contributed by atoms with Crippen molar-refractivity contribution < 1.29 is 0 Å². The Morgan fingerprint density at radius 3 is 2.93 bits per heavy atom. The molecule has 0 atom stereocenters. The Morgan fingerprint density at radius 2 is 2.13 bits per heavy atom. The van der Waals surface area contributed by atoms with Gasteiger partial charge in [0.25, 0.3) is 0 Å². The molecule has 0 bridgehead atoms. The van der Waals surface area contributed by atoms with Gasteiger partial charge in [-0.1, -0.05) is 18.2 Å². The van der Waals surface area contributed by atoms with Crippen LogP contribution in [0.25, 0.3) is 10.9 Å². The van der Waals surface area contributed by atoms with Crippen LogP contribution < -0.4 is 11.1 Å². The van der Waals surface area contributed by atoms with Gasteiger partial charge in [-0.05, 0) is 18.9 Å². The molecule has 3 rings (SSSR count). The largest absolute Gasteiger partial charge is 0.381 e. The number of aromatic amines is 1. The van der Waals surface area contributed by atoms with Gasteiger partial charge >= 0.3 is 0 Å². The summed E-state index contributed by atoms with van der Waals surface area (Å²) in [4.78, 5) is 3.24. The van der Waals surface area contributed by atoms with Gasteiger partial charge in [-0.2, -0.15) is 0 Å². The van der Waals surface area contributed by atoms with Gasteiger partial charge in [0.05, 0.1) is 5.69 Å². The van der Waals surface area contributed by atoms with Crippen molar-refractivity contribution in [1.82, 2.24) is 4.98 Å². The molecule has 15 heavy (non-hydrogen) atoms. The van der Waals surface area contributed by atoms with Gasteiger partial charge < -0.3 is 16.0 Å². The van der Waals surface area contributed by atoms with E-state index in [0.717, 1.165) is 25.1 Å².